The molecule has 0 unspecified atom stereocenters. The summed E-state index contributed by atoms with van der Waals surface area (Å²) < 4.78 is 5.05. The van der Waals surface area contributed by atoms with E-state index < -0.39 is 0 Å². The topological polar surface area (TPSA) is 80.3 Å². The highest BCUT2D eigenvalue weighted by Crippen LogP contribution is 2.38. The van der Waals surface area contributed by atoms with Gasteiger partial charge in [0, 0.05) is 29.2 Å². The number of carbonyl (C=O) groups excluding carboxylic acids is 2. The maximum atomic E-state index is 12.8. The molecule has 1 heterocycles. The van der Waals surface area contributed by atoms with Gasteiger partial charge in [-0.3, -0.25) is 9.59 Å². The summed E-state index contributed by atoms with van der Waals surface area (Å²) in [5.41, 5.74) is 1.04. The number of aromatic nitrogens is 1. The Morgan fingerprint density at radius 3 is 2.33 bits per heavy atom. The molecular weight excluding hydrogens is 414 g/mol. The van der Waals surface area contributed by atoms with Crippen LogP contribution in [0.1, 0.15) is 82.5 Å². The van der Waals surface area contributed by atoms with Crippen LogP contribution in [0.2, 0.25) is 0 Å². The third kappa shape index (κ3) is 6.04. The largest absolute Gasteiger partial charge is 0.465 e. The number of rotatable bonds is 6. The van der Waals surface area contributed by atoms with Crippen molar-refractivity contribution in [3.8, 4) is 0 Å². The van der Waals surface area contributed by atoms with Crippen molar-refractivity contribution in [2.75, 3.05) is 5.32 Å². The van der Waals surface area contributed by atoms with Crippen LogP contribution in [-0.4, -0.2) is 35.6 Å². The van der Waals surface area contributed by atoms with Crippen molar-refractivity contribution in [3.05, 3.63) is 36.0 Å². The van der Waals surface area contributed by atoms with Crippen molar-refractivity contribution in [3.63, 3.8) is 0 Å². The molecule has 4 rings (SSSR count). The molecule has 2 aliphatic rings. The molecule has 6 nitrogen and oxygen atoms in total. The minimum atomic E-state index is -0.0523. The van der Waals surface area contributed by atoms with E-state index in [1.165, 1.54) is 25.7 Å². The molecule has 2 saturated carbocycles. The van der Waals surface area contributed by atoms with E-state index in [0.29, 0.717) is 23.5 Å². The number of nitrogens with one attached hydrogen (secondary N) is 2. The van der Waals surface area contributed by atoms with Gasteiger partial charge >= 0.3 is 0 Å². The van der Waals surface area contributed by atoms with Crippen molar-refractivity contribution in [2.24, 2.45) is 11.3 Å². The second kappa shape index (κ2) is 10.1. The molecule has 2 aliphatic carbocycles. The van der Waals surface area contributed by atoms with Crippen molar-refractivity contribution in [1.29, 1.82) is 0 Å². The Labute approximate surface area is 196 Å². The van der Waals surface area contributed by atoms with Crippen LogP contribution in [0.25, 0.3) is 10.8 Å². The summed E-state index contributed by atoms with van der Waals surface area (Å²) in [6.07, 6.45) is 9.95. The first kappa shape index (κ1) is 23.5. The first-order chi connectivity index (χ1) is 15.8. The lowest BCUT2D eigenvalue weighted by molar-refractivity contribution is -0.135. The predicted octanol–water partition coefficient (Wildman–Crippen LogP) is 5.47. The molecule has 33 heavy (non-hydrogen) atoms. The van der Waals surface area contributed by atoms with Gasteiger partial charge in [0.05, 0.1) is 0 Å². The smallest absolute Gasteiger partial charge is 0.293 e. The number of nitrogens with zero attached hydrogens (tertiary/aromatic N) is 1. The molecule has 1 amide bonds. The Balaban J connectivity index is 1.36. The molecule has 6 heteroatoms. The van der Waals surface area contributed by atoms with Crippen LogP contribution >= 0.6 is 0 Å². The summed E-state index contributed by atoms with van der Waals surface area (Å²) in [6, 6.07) is 8.42. The average molecular weight is 452 g/mol. The summed E-state index contributed by atoms with van der Waals surface area (Å²) in [4.78, 5) is 28.0. The van der Waals surface area contributed by atoms with Crippen molar-refractivity contribution >= 4 is 29.0 Å². The number of amides is 1. The van der Waals surface area contributed by atoms with Gasteiger partial charge in [-0.05, 0) is 86.3 Å². The molecule has 2 aromatic rings. The molecule has 0 atom stereocenters. The predicted molar refractivity (Wildman–Crippen MR) is 131 cm³/mol. The van der Waals surface area contributed by atoms with E-state index in [4.69, 9.17) is 4.74 Å². The van der Waals surface area contributed by atoms with Gasteiger partial charge in [-0.1, -0.05) is 26.8 Å². The van der Waals surface area contributed by atoms with Crippen molar-refractivity contribution in [2.45, 2.75) is 90.3 Å². The number of hydrogen-bond acceptors (Lipinski definition) is 5. The Bertz CT molecular complexity index is 968. The summed E-state index contributed by atoms with van der Waals surface area (Å²) in [5.74, 6) is 1.62. The second-order valence-electron chi connectivity index (χ2n) is 10.9. The van der Waals surface area contributed by atoms with Gasteiger partial charge in [0.1, 0.15) is 11.9 Å². The van der Waals surface area contributed by atoms with Gasteiger partial charge in [-0.2, -0.15) is 0 Å². The van der Waals surface area contributed by atoms with E-state index in [0.717, 1.165) is 48.2 Å². The van der Waals surface area contributed by atoms with E-state index in [1.54, 1.807) is 0 Å². The fraction of sp³-hybridized carbons (Fsp3) is 0.593. The van der Waals surface area contributed by atoms with Crippen LogP contribution in [-0.2, 0) is 9.53 Å². The van der Waals surface area contributed by atoms with Gasteiger partial charge < -0.3 is 15.4 Å². The van der Waals surface area contributed by atoms with E-state index in [2.05, 4.69) is 42.5 Å². The molecular formula is C27H37N3O3. The molecule has 1 aromatic carbocycles. The minimum Gasteiger partial charge on any atom is -0.465 e. The van der Waals surface area contributed by atoms with Crippen LogP contribution in [0.3, 0.4) is 0 Å². The Morgan fingerprint density at radius 1 is 0.970 bits per heavy atom. The second-order valence-corrected chi connectivity index (χ2v) is 10.9. The number of fused-ring (bicyclic) bond motifs is 1. The van der Waals surface area contributed by atoms with Crippen LogP contribution in [0.5, 0.6) is 0 Å². The molecule has 1 aromatic heterocycles. The highest BCUT2D eigenvalue weighted by Gasteiger charge is 2.29. The molecule has 2 N–H and O–H groups in total. The molecule has 0 radical (unpaired) electrons. The molecule has 178 valence electrons. The molecule has 0 saturated heterocycles. The SMILES string of the molecule is CC(C)(C)C1CCC(Nc2cc3cc(C(=O)NC4CCC(OC=O)CC4)ccc3cn2)CC1. The maximum Gasteiger partial charge on any atom is 0.293 e. The first-order valence-corrected chi connectivity index (χ1v) is 12.4. The number of anilines is 1. The molecule has 2 fully saturated rings. The number of benzene rings is 1. The zero-order valence-corrected chi connectivity index (χ0v) is 20.1. The van der Waals surface area contributed by atoms with Gasteiger partial charge in [0.15, 0.2) is 0 Å². The summed E-state index contributed by atoms with van der Waals surface area (Å²) in [5, 5.41) is 8.82. The lowest BCUT2D eigenvalue weighted by atomic mass is 9.71. The molecule has 0 bridgehead atoms. The van der Waals surface area contributed by atoms with Gasteiger partial charge in [-0.25, -0.2) is 4.98 Å². The lowest BCUT2D eigenvalue weighted by Crippen LogP contribution is -2.39. The van der Waals surface area contributed by atoms with E-state index in [1.807, 2.05) is 24.4 Å². The monoisotopic (exact) mass is 451 g/mol. The van der Waals surface area contributed by atoms with Crippen molar-refractivity contribution in [1.82, 2.24) is 10.3 Å². The minimum absolute atomic E-state index is 0.0155. The molecule has 0 spiro atoms. The van der Waals surface area contributed by atoms with E-state index in [9.17, 15) is 9.59 Å². The number of ether oxygens (including phenoxy) is 1. The van der Waals surface area contributed by atoms with E-state index >= 15 is 0 Å². The normalized spacial score (nSPS) is 25.9. The summed E-state index contributed by atoms with van der Waals surface area (Å²) in [7, 11) is 0. The van der Waals surface area contributed by atoms with Gasteiger partial charge in [0.2, 0.25) is 0 Å². The highest BCUT2D eigenvalue weighted by atomic mass is 16.5. The average Bonchev–Trinajstić information content (AvgIpc) is 2.80. The van der Waals surface area contributed by atoms with Gasteiger partial charge in [0.25, 0.3) is 12.4 Å². The fourth-order valence-electron chi connectivity index (χ4n) is 5.36. The zero-order chi connectivity index (χ0) is 23.4. The third-order valence-electron chi connectivity index (χ3n) is 7.55. The number of hydrogen-bond donors (Lipinski definition) is 2. The van der Waals surface area contributed by atoms with Gasteiger partial charge in [-0.15, -0.1) is 0 Å². The fourth-order valence-corrected chi connectivity index (χ4v) is 5.36. The maximum absolute atomic E-state index is 12.8. The zero-order valence-electron chi connectivity index (χ0n) is 20.1. The highest BCUT2D eigenvalue weighted by molar-refractivity contribution is 5.99. The van der Waals surface area contributed by atoms with Crippen LogP contribution in [0.15, 0.2) is 30.5 Å². The number of pyridine rings is 1. The van der Waals surface area contributed by atoms with Crippen LogP contribution in [0, 0.1) is 11.3 Å². The standard InChI is InChI=1S/C27H37N3O3/c1-27(2,3)21-6-8-22(9-7-21)29-25-15-20-14-18(4-5-19(20)16-28-25)26(32)30-23-10-12-24(13-11-23)33-17-31/h4-5,14-17,21-24H,6-13H2,1-3H3,(H,28,29)(H,30,32). The van der Waals surface area contributed by atoms with Crippen molar-refractivity contribution < 1.29 is 14.3 Å². The quantitative estimate of drug-likeness (QED) is 0.570. The molecule has 0 aliphatic heterocycles. The summed E-state index contributed by atoms with van der Waals surface area (Å²) >= 11 is 0. The Morgan fingerprint density at radius 2 is 1.67 bits per heavy atom. The van der Waals surface area contributed by atoms with E-state index in [-0.39, 0.29) is 18.1 Å². The third-order valence-corrected chi connectivity index (χ3v) is 7.55. The van der Waals surface area contributed by atoms with Crippen LogP contribution in [0.4, 0.5) is 5.82 Å². The van der Waals surface area contributed by atoms with Crippen LogP contribution < -0.4 is 10.6 Å². The number of carbonyl (C=O) groups is 2. The Hall–Kier alpha value is -2.63. The Kier molecular flexibility index (Phi) is 7.20. The lowest BCUT2D eigenvalue weighted by Gasteiger charge is -2.37. The first-order valence-electron chi connectivity index (χ1n) is 12.4. The summed E-state index contributed by atoms with van der Waals surface area (Å²) in [6.45, 7) is 7.55.